The molecule has 0 heterocycles. The Kier molecular flexibility index (Phi) is 9.79. The van der Waals surface area contributed by atoms with Crippen LogP contribution in [0, 0.1) is 5.92 Å². The number of halogens is 1. The predicted octanol–water partition coefficient (Wildman–Crippen LogP) is 1.78. The van der Waals surface area contributed by atoms with Crippen molar-refractivity contribution in [2.45, 2.75) is 13.5 Å². The number of nitrogens with one attached hydrogen (secondary N) is 2. The summed E-state index contributed by atoms with van der Waals surface area (Å²) in [5, 5.41) is 6.28. The fourth-order valence-corrected chi connectivity index (χ4v) is 1.54. The van der Waals surface area contributed by atoms with Crippen LogP contribution in [0.15, 0.2) is 35.3 Å². The number of carbonyl (C=O) groups is 1. The van der Waals surface area contributed by atoms with E-state index in [4.69, 9.17) is 0 Å². The molecule has 1 aromatic rings. The average molecular weight is 391 g/mol. The molecule has 1 rings (SSSR count). The van der Waals surface area contributed by atoms with E-state index in [0.29, 0.717) is 19.0 Å². The maximum Gasteiger partial charge on any atom is 0.310 e. The molecule has 5 nitrogen and oxygen atoms in total. The normalized spacial score (nSPS) is 12.1. The first-order chi connectivity index (χ1) is 9.17. The second-order valence-corrected chi connectivity index (χ2v) is 4.22. The molecule has 20 heavy (non-hydrogen) atoms. The van der Waals surface area contributed by atoms with Gasteiger partial charge in [0.1, 0.15) is 0 Å². The van der Waals surface area contributed by atoms with Crippen LogP contribution in [0.25, 0.3) is 0 Å². The van der Waals surface area contributed by atoms with Crippen LogP contribution in [0.4, 0.5) is 0 Å². The van der Waals surface area contributed by atoms with E-state index in [1.54, 1.807) is 7.05 Å². The van der Waals surface area contributed by atoms with E-state index in [2.05, 4.69) is 20.4 Å². The monoisotopic (exact) mass is 391 g/mol. The third kappa shape index (κ3) is 6.74. The molecule has 0 bridgehead atoms. The quantitative estimate of drug-likeness (QED) is 0.348. The summed E-state index contributed by atoms with van der Waals surface area (Å²) in [4.78, 5) is 15.4. The van der Waals surface area contributed by atoms with E-state index in [9.17, 15) is 4.79 Å². The van der Waals surface area contributed by atoms with Crippen molar-refractivity contribution in [1.29, 1.82) is 0 Å². The standard InChI is InChI=1S/C14H21N3O2.HI/c1-11(13(18)19-3)9-16-14(15-2)17-10-12-7-5-4-6-8-12;/h4-8,11H,9-10H2,1-3H3,(H2,15,16,17);1H. The van der Waals surface area contributed by atoms with Crippen molar-refractivity contribution in [1.82, 2.24) is 10.6 Å². The molecule has 1 unspecified atom stereocenters. The van der Waals surface area contributed by atoms with Gasteiger partial charge in [-0.1, -0.05) is 37.3 Å². The first-order valence-corrected chi connectivity index (χ1v) is 6.23. The van der Waals surface area contributed by atoms with Gasteiger partial charge in [0.05, 0.1) is 13.0 Å². The van der Waals surface area contributed by atoms with Gasteiger partial charge < -0.3 is 15.4 Å². The first-order valence-electron chi connectivity index (χ1n) is 6.23. The summed E-state index contributed by atoms with van der Waals surface area (Å²) in [6, 6.07) is 10.0. The van der Waals surface area contributed by atoms with Gasteiger partial charge in [0, 0.05) is 20.1 Å². The summed E-state index contributed by atoms with van der Waals surface area (Å²) in [6.45, 7) is 2.98. The van der Waals surface area contributed by atoms with E-state index < -0.39 is 0 Å². The molecule has 0 aliphatic rings. The molecule has 1 aromatic carbocycles. The van der Waals surface area contributed by atoms with Crippen LogP contribution in [0.1, 0.15) is 12.5 Å². The number of benzene rings is 1. The van der Waals surface area contributed by atoms with Crippen molar-refractivity contribution in [3.8, 4) is 0 Å². The number of rotatable bonds is 5. The number of esters is 1. The summed E-state index contributed by atoms with van der Waals surface area (Å²) in [6.07, 6.45) is 0. The molecule has 0 radical (unpaired) electrons. The van der Waals surface area contributed by atoms with Gasteiger partial charge in [-0.2, -0.15) is 0 Å². The number of hydrogen-bond donors (Lipinski definition) is 2. The number of guanidine groups is 1. The molecule has 0 amide bonds. The summed E-state index contributed by atoms with van der Waals surface area (Å²) >= 11 is 0. The Morgan fingerprint density at radius 3 is 2.50 bits per heavy atom. The highest BCUT2D eigenvalue weighted by atomic mass is 127. The van der Waals surface area contributed by atoms with E-state index in [-0.39, 0.29) is 35.9 Å². The number of carbonyl (C=O) groups excluding carboxylic acids is 1. The molecule has 6 heteroatoms. The average Bonchev–Trinajstić information content (AvgIpc) is 2.47. The molecule has 112 valence electrons. The lowest BCUT2D eigenvalue weighted by Gasteiger charge is -2.14. The first kappa shape index (κ1) is 18.7. The molecule has 0 spiro atoms. The number of nitrogens with zero attached hydrogens (tertiary/aromatic N) is 1. The summed E-state index contributed by atoms with van der Waals surface area (Å²) in [7, 11) is 3.09. The smallest absolute Gasteiger partial charge is 0.310 e. The van der Waals surface area contributed by atoms with Gasteiger partial charge >= 0.3 is 5.97 Å². The van der Waals surface area contributed by atoms with Crippen molar-refractivity contribution in [2.24, 2.45) is 10.9 Å². The fraction of sp³-hybridized carbons (Fsp3) is 0.429. The van der Waals surface area contributed by atoms with Crippen molar-refractivity contribution < 1.29 is 9.53 Å². The molecule has 0 saturated heterocycles. The van der Waals surface area contributed by atoms with Crippen LogP contribution in [0.2, 0.25) is 0 Å². The lowest BCUT2D eigenvalue weighted by Crippen LogP contribution is -2.40. The van der Waals surface area contributed by atoms with Crippen LogP contribution in [-0.4, -0.2) is 32.6 Å². The number of hydrogen-bond acceptors (Lipinski definition) is 3. The van der Waals surface area contributed by atoms with Crippen LogP contribution >= 0.6 is 24.0 Å². The minimum Gasteiger partial charge on any atom is -0.469 e. The number of methoxy groups -OCH3 is 1. The van der Waals surface area contributed by atoms with Gasteiger partial charge in [-0.15, -0.1) is 24.0 Å². The third-order valence-electron chi connectivity index (χ3n) is 2.71. The SMILES string of the molecule is CN=C(NCc1ccccc1)NCC(C)C(=O)OC.I. The second-order valence-electron chi connectivity index (χ2n) is 4.22. The van der Waals surface area contributed by atoms with Crippen molar-refractivity contribution >= 4 is 35.9 Å². The van der Waals surface area contributed by atoms with Gasteiger partial charge in [0.2, 0.25) is 0 Å². The Balaban J connectivity index is 0.00000361. The highest BCUT2D eigenvalue weighted by molar-refractivity contribution is 14.0. The van der Waals surface area contributed by atoms with Crippen molar-refractivity contribution in [3.05, 3.63) is 35.9 Å². The van der Waals surface area contributed by atoms with Crippen LogP contribution < -0.4 is 10.6 Å². The van der Waals surface area contributed by atoms with E-state index in [0.717, 1.165) is 0 Å². The number of aliphatic imine (C=N–C) groups is 1. The zero-order chi connectivity index (χ0) is 14.1. The van der Waals surface area contributed by atoms with Gasteiger partial charge in [-0.3, -0.25) is 9.79 Å². The van der Waals surface area contributed by atoms with Crippen molar-refractivity contribution in [2.75, 3.05) is 20.7 Å². The van der Waals surface area contributed by atoms with Gasteiger partial charge in [-0.05, 0) is 5.56 Å². The fourth-order valence-electron chi connectivity index (χ4n) is 1.54. The van der Waals surface area contributed by atoms with Crippen LogP contribution in [0.5, 0.6) is 0 Å². The Morgan fingerprint density at radius 1 is 1.30 bits per heavy atom. The molecule has 0 aliphatic carbocycles. The largest absolute Gasteiger partial charge is 0.469 e. The molecule has 0 saturated carbocycles. The molecular formula is C14H22IN3O2. The lowest BCUT2D eigenvalue weighted by atomic mass is 10.2. The molecular weight excluding hydrogens is 369 g/mol. The van der Waals surface area contributed by atoms with Crippen molar-refractivity contribution in [3.63, 3.8) is 0 Å². The summed E-state index contributed by atoms with van der Waals surface area (Å²) in [5.41, 5.74) is 1.17. The zero-order valence-corrected chi connectivity index (χ0v) is 14.4. The molecule has 0 aliphatic heterocycles. The molecule has 1 atom stereocenters. The zero-order valence-electron chi connectivity index (χ0n) is 12.1. The van der Waals surface area contributed by atoms with E-state index in [1.165, 1.54) is 12.7 Å². The van der Waals surface area contributed by atoms with Crippen LogP contribution in [0.3, 0.4) is 0 Å². The summed E-state index contributed by atoms with van der Waals surface area (Å²) in [5.74, 6) is 0.228. The second kappa shape index (κ2) is 10.5. The Labute approximate surface area is 137 Å². The predicted molar refractivity (Wildman–Crippen MR) is 91.2 cm³/mol. The van der Waals surface area contributed by atoms with Gasteiger partial charge in [0.25, 0.3) is 0 Å². The highest BCUT2D eigenvalue weighted by Crippen LogP contribution is 1.98. The van der Waals surface area contributed by atoms with Crippen LogP contribution in [-0.2, 0) is 16.1 Å². The topological polar surface area (TPSA) is 62.7 Å². The molecule has 2 N–H and O–H groups in total. The highest BCUT2D eigenvalue weighted by Gasteiger charge is 2.13. The minimum atomic E-state index is -0.231. The Morgan fingerprint density at radius 2 is 1.95 bits per heavy atom. The number of ether oxygens (including phenoxy) is 1. The maximum atomic E-state index is 11.3. The Bertz CT molecular complexity index is 424. The maximum absolute atomic E-state index is 11.3. The van der Waals surface area contributed by atoms with E-state index in [1.807, 2.05) is 37.3 Å². The van der Waals surface area contributed by atoms with Gasteiger partial charge in [0.15, 0.2) is 5.96 Å². The molecule has 0 aromatic heterocycles. The lowest BCUT2D eigenvalue weighted by molar-refractivity contribution is -0.144. The van der Waals surface area contributed by atoms with E-state index >= 15 is 0 Å². The van der Waals surface area contributed by atoms with Gasteiger partial charge in [-0.25, -0.2) is 0 Å². The molecule has 0 fully saturated rings. The Hall–Kier alpha value is -1.31. The third-order valence-corrected chi connectivity index (χ3v) is 2.71. The summed E-state index contributed by atoms with van der Waals surface area (Å²) < 4.78 is 4.67. The minimum absolute atomic E-state index is 0.